The summed E-state index contributed by atoms with van der Waals surface area (Å²) in [4.78, 5) is 20.6. The van der Waals surface area contributed by atoms with Gasteiger partial charge in [-0.05, 0) is 29.3 Å². The third-order valence-electron chi connectivity index (χ3n) is 3.47. The second-order valence-electron chi connectivity index (χ2n) is 5.20. The maximum Gasteiger partial charge on any atom is 0.271 e. The molecule has 122 valence electrons. The number of rotatable bonds is 6. The van der Waals surface area contributed by atoms with Crippen LogP contribution in [0.15, 0.2) is 54.2 Å². The molecule has 0 unspecified atom stereocenters. The maximum atomic E-state index is 12.2. The van der Waals surface area contributed by atoms with Crippen molar-refractivity contribution in [3.05, 3.63) is 76.0 Å². The van der Waals surface area contributed by atoms with Crippen LogP contribution in [0.5, 0.6) is 5.75 Å². The van der Waals surface area contributed by atoms with E-state index in [9.17, 15) is 4.79 Å². The molecule has 0 atom stereocenters. The Morgan fingerprint density at radius 2 is 2.04 bits per heavy atom. The molecule has 3 aromatic rings. The number of methoxy groups -OCH3 is 1. The highest BCUT2D eigenvalue weighted by Gasteiger charge is 2.11. The highest BCUT2D eigenvalue weighted by molar-refractivity contribution is 7.09. The predicted octanol–water partition coefficient (Wildman–Crippen LogP) is 3.07. The summed E-state index contributed by atoms with van der Waals surface area (Å²) in [5, 5.41) is 5.55. The minimum atomic E-state index is -0.170. The molecule has 0 radical (unpaired) electrons. The fourth-order valence-electron chi connectivity index (χ4n) is 2.19. The summed E-state index contributed by atoms with van der Waals surface area (Å²) in [6.45, 7) is 0.442. The summed E-state index contributed by atoms with van der Waals surface area (Å²) < 4.78 is 5.15. The van der Waals surface area contributed by atoms with Crippen LogP contribution in [0.4, 0.5) is 0 Å². The monoisotopic (exact) mass is 339 g/mol. The van der Waals surface area contributed by atoms with Crippen molar-refractivity contribution in [2.24, 2.45) is 0 Å². The summed E-state index contributed by atoms with van der Waals surface area (Å²) in [5.41, 5.74) is 2.54. The van der Waals surface area contributed by atoms with Crippen molar-refractivity contribution in [3.8, 4) is 5.75 Å². The smallest absolute Gasteiger partial charge is 0.271 e. The van der Waals surface area contributed by atoms with Crippen LogP contribution < -0.4 is 10.1 Å². The van der Waals surface area contributed by atoms with E-state index < -0.39 is 0 Å². The highest BCUT2D eigenvalue weighted by Crippen LogP contribution is 2.17. The topological polar surface area (TPSA) is 64.1 Å². The number of hydrogen-bond donors (Lipinski definition) is 1. The summed E-state index contributed by atoms with van der Waals surface area (Å²) in [6.07, 6.45) is 4.14. The Morgan fingerprint density at radius 1 is 1.21 bits per heavy atom. The van der Waals surface area contributed by atoms with E-state index in [1.807, 2.05) is 36.4 Å². The molecule has 24 heavy (non-hydrogen) atoms. The minimum absolute atomic E-state index is 0.170. The van der Waals surface area contributed by atoms with Gasteiger partial charge in [0.2, 0.25) is 0 Å². The first-order valence-corrected chi connectivity index (χ1v) is 8.37. The normalized spacial score (nSPS) is 10.4. The van der Waals surface area contributed by atoms with Crippen molar-refractivity contribution in [1.29, 1.82) is 0 Å². The minimum Gasteiger partial charge on any atom is -0.497 e. The average Bonchev–Trinajstić information content (AvgIpc) is 3.10. The molecule has 1 aromatic carbocycles. The van der Waals surface area contributed by atoms with Crippen molar-refractivity contribution >= 4 is 17.2 Å². The molecule has 0 saturated heterocycles. The van der Waals surface area contributed by atoms with Gasteiger partial charge in [0.15, 0.2) is 0 Å². The standard InChI is InChI=1S/C18H17N3O2S/c1-23-15-6-4-13(5-7-15)9-17-21-16(12-24-17)18(22)20-11-14-3-2-8-19-10-14/h2-8,10,12H,9,11H2,1H3,(H,20,22). The first kappa shape index (κ1) is 16.1. The molecule has 0 aliphatic rings. The maximum absolute atomic E-state index is 12.2. The SMILES string of the molecule is COc1ccc(Cc2nc(C(=O)NCc3cccnc3)cs2)cc1. The Kier molecular flexibility index (Phi) is 5.18. The Morgan fingerprint density at radius 3 is 2.75 bits per heavy atom. The molecular weight excluding hydrogens is 322 g/mol. The summed E-state index contributed by atoms with van der Waals surface area (Å²) in [5.74, 6) is 0.657. The number of carbonyl (C=O) groups is 1. The lowest BCUT2D eigenvalue weighted by Crippen LogP contribution is -2.23. The van der Waals surface area contributed by atoms with E-state index in [0.717, 1.165) is 21.9 Å². The number of nitrogens with zero attached hydrogens (tertiary/aromatic N) is 2. The van der Waals surface area contributed by atoms with Crippen LogP contribution in [0.3, 0.4) is 0 Å². The molecule has 1 N–H and O–H groups in total. The Balaban J connectivity index is 1.58. The van der Waals surface area contributed by atoms with E-state index in [2.05, 4.69) is 15.3 Å². The third-order valence-corrected chi connectivity index (χ3v) is 4.32. The zero-order valence-corrected chi connectivity index (χ0v) is 14.0. The van der Waals surface area contributed by atoms with Crippen LogP contribution in [-0.4, -0.2) is 23.0 Å². The molecular formula is C18H17N3O2S. The highest BCUT2D eigenvalue weighted by atomic mass is 32.1. The van der Waals surface area contributed by atoms with E-state index >= 15 is 0 Å². The summed E-state index contributed by atoms with van der Waals surface area (Å²) in [6, 6.07) is 11.6. The fourth-order valence-corrected chi connectivity index (χ4v) is 3.00. The third kappa shape index (κ3) is 4.17. The Hall–Kier alpha value is -2.73. The molecule has 2 heterocycles. The van der Waals surface area contributed by atoms with Crippen LogP contribution in [0.25, 0.3) is 0 Å². The van der Waals surface area contributed by atoms with Gasteiger partial charge >= 0.3 is 0 Å². The lowest BCUT2D eigenvalue weighted by molar-refractivity contribution is 0.0946. The van der Waals surface area contributed by atoms with Crippen LogP contribution in [0.1, 0.15) is 26.6 Å². The molecule has 0 spiro atoms. The lowest BCUT2D eigenvalue weighted by Gasteiger charge is -2.03. The predicted molar refractivity (Wildman–Crippen MR) is 93.3 cm³/mol. The van der Waals surface area contributed by atoms with Gasteiger partial charge < -0.3 is 10.1 Å². The molecule has 0 aliphatic heterocycles. The Labute approximate surface area is 144 Å². The van der Waals surface area contributed by atoms with Gasteiger partial charge in [-0.2, -0.15) is 0 Å². The van der Waals surface area contributed by atoms with Crippen molar-refractivity contribution in [3.63, 3.8) is 0 Å². The van der Waals surface area contributed by atoms with Gasteiger partial charge in [0.25, 0.3) is 5.91 Å². The summed E-state index contributed by atoms with van der Waals surface area (Å²) >= 11 is 1.49. The molecule has 0 aliphatic carbocycles. The first-order valence-electron chi connectivity index (χ1n) is 7.49. The van der Waals surface area contributed by atoms with E-state index in [1.165, 1.54) is 11.3 Å². The second kappa shape index (κ2) is 7.70. The molecule has 1 amide bonds. The zero-order chi connectivity index (χ0) is 16.8. The van der Waals surface area contributed by atoms with Crippen molar-refractivity contribution < 1.29 is 9.53 Å². The van der Waals surface area contributed by atoms with E-state index in [4.69, 9.17) is 4.74 Å². The van der Waals surface area contributed by atoms with Crippen LogP contribution >= 0.6 is 11.3 Å². The molecule has 5 nitrogen and oxygen atoms in total. The van der Waals surface area contributed by atoms with Gasteiger partial charge in [0.1, 0.15) is 11.4 Å². The molecule has 0 fully saturated rings. The molecule has 0 saturated carbocycles. The lowest BCUT2D eigenvalue weighted by atomic mass is 10.1. The van der Waals surface area contributed by atoms with Crippen LogP contribution in [-0.2, 0) is 13.0 Å². The number of ether oxygens (including phenoxy) is 1. The molecule has 6 heteroatoms. The van der Waals surface area contributed by atoms with Gasteiger partial charge in [-0.1, -0.05) is 18.2 Å². The van der Waals surface area contributed by atoms with Crippen LogP contribution in [0, 0.1) is 0 Å². The average molecular weight is 339 g/mol. The number of pyridine rings is 1. The number of aromatic nitrogens is 2. The zero-order valence-electron chi connectivity index (χ0n) is 13.2. The molecule has 3 rings (SSSR count). The van der Waals surface area contributed by atoms with Gasteiger partial charge in [0.05, 0.1) is 12.1 Å². The fraction of sp³-hybridized carbons (Fsp3) is 0.167. The quantitative estimate of drug-likeness (QED) is 0.750. The number of carbonyl (C=O) groups excluding carboxylic acids is 1. The number of hydrogen-bond acceptors (Lipinski definition) is 5. The van der Waals surface area contributed by atoms with Crippen LogP contribution in [0.2, 0.25) is 0 Å². The van der Waals surface area contributed by atoms with Gasteiger partial charge in [0, 0.05) is 30.7 Å². The number of thiazole rings is 1. The number of nitrogens with one attached hydrogen (secondary N) is 1. The van der Waals surface area contributed by atoms with Crippen molar-refractivity contribution in [2.75, 3.05) is 7.11 Å². The van der Waals surface area contributed by atoms with E-state index in [0.29, 0.717) is 18.7 Å². The largest absolute Gasteiger partial charge is 0.497 e. The van der Waals surface area contributed by atoms with E-state index in [-0.39, 0.29) is 5.91 Å². The Bertz CT molecular complexity index is 801. The van der Waals surface area contributed by atoms with E-state index in [1.54, 1.807) is 24.9 Å². The molecule has 0 bridgehead atoms. The first-order chi connectivity index (χ1) is 11.7. The summed E-state index contributed by atoms with van der Waals surface area (Å²) in [7, 11) is 1.65. The number of benzene rings is 1. The van der Waals surface area contributed by atoms with Crippen molar-refractivity contribution in [1.82, 2.24) is 15.3 Å². The van der Waals surface area contributed by atoms with Gasteiger partial charge in [-0.3, -0.25) is 9.78 Å². The van der Waals surface area contributed by atoms with Gasteiger partial charge in [-0.25, -0.2) is 4.98 Å². The molecule has 2 aromatic heterocycles. The second-order valence-corrected chi connectivity index (χ2v) is 6.14. The number of amides is 1. The van der Waals surface area contributed by atoms with Gasteiger partial charge in [-0.15, -0.1) is 11.3 Å². The van der Waals surface area contributed by atoms with Crippen molar-refractivity contribution in [2.45, 2.75) is 13.0 Å².